The molecule has 1 aliphatic rings. The highest BCUT2D eigenvalue weighted by Gasteiger charge is 2.13. The summed E-state index contributed by atoms with van der Waals surface area (Å²) in [7, 11) is 0. The maximum Gasteiger partial charge on any atom is 0.267 e. The van der Waals surface area contributed by atoms with Crippen molar-refractivity contribution in [3.8, 4) is 0 Å². The minimum atomic E-state index is -0.0260. The topological polar surface area (TPSA) is 46.9 Å². The van der Waals surface area contributed by atoms with Gasteiger partial charge in [-0.15, -0.1) is 11.3 Å². The van der Waals surface area contributed by atoms with Gasteiger partial charge in [-0.1, -0.05) is 0 Å². The molecule has 3 rings (SSSR count). The lowest BCUT2D eigenvalue weighted by atomic mass is 10.1. The van der Waals surface area contributed by atoms with E-state index in [1.807, 2.05) is 11.4 Å². The van der Waals surface area contributed by atoms with Crippen LogP contribution in [0.3, 0.4) is 0 Å². The lowest BCUT2D eigenvalue weighted by Crippen LogP contribution is -2.31. The van der Waals surface area contributed by atoms with E-state index in [1.54, 1.807) is 22.1 Å². The van der Waals surface area contributed by atoms with Crippen LogP contribution in [0.15, 0.2) is 26.8 Å². The Morgan fingerprint density at radius 3 is 3.17 bits per heavy atom. The van der Waals surface area contributed by atoms with Crippen LogP contribution in [0.4, 0.5) is 0 Å². The molecule has 0 radical (unpaired) electrons. The molecule has 0 saturated carbocycles. The quantitative estimate of drug-likeness (QED) is 0.915. The number of aromatic nitrogens is 2. The molecule has 2 aromatic heterocycles. The summed E-state index contributed by atoms with van der Waals surface area (Å²) in [5.41, 5.74) is 2.06. The monoisotopic (exact) mass is 325 g/mol. The Morgan fingerprint density at radius 2 is 2.39 bits per heavy atom. The Bertz CT molecular complexity index is 634. The second kappa shape index (κ2) is 4.95. The van der Waals surface area contributed by atoms with Gasteiger partial charge in [-0.05, 0) is 27.6 Å². The summed E-state index contributed by atoms with van der Waals surface area (Å²) in [6.07, 6.45) is 0.893. The predicted molar refractivity (Wildman–Crippen MR) is 75.0 cm³/mol. The average Bonchev–Trinajstić information content (AvgIpc) is 2.76. The normalized spacial score (nSPS) is 14.5. The minimum Gasteiger partial charge on any atom is -0.312 e. The van der Waals surface area contributed by atoms with Crippen LogP contribution >= 0.6 is 27.3 Å². The van der Waals surface area contributed by atoms with Gasteiger partial charge in [0.2, 0.25) is 0 Å². The summed E-state index contributed by atoms with van der Waals surface area (Å²) in [4.78, 5) is 13.1. The van der Waals surface area contributed by atoms with Crippen LogP contribution in [-0.4, -0.2) is 16.3 Å². The first-order chi connectivity index (χ1) is 8.72. The van der Waals surface area contributed by atoms with E-state index in [2.05, 4.69) is 26.3 Å². The molecule has 0 unspecified atom stereocenters. The Hall–Kier alpha value is -0.980. The van der Waals surface area contributed by atoms with Crippen LogP contribution < -0.4 is 10.9 Å². The maximum atomic E-state index is 12.0. The molecule has 0 saturated heterocycles. The summed E-state index contributed by atoms with van der Waals surface area (Å²) in [6, 6.07) is 3.73. The first-order valence-electron chi connectivity index (χ1n) is 5.76. The highest BCUT2D eigenvalue weighted by molar-refractivity contribution is 9.10. The highest BCUT2D eigenvalue weighted by Crippen LogP contribution is 2.20. The fourth-order valence-corrected chi connectivity index (χ4v) is 3.49. The van der Waals surface area contributed by atoms with Crippen molar-refractivity contribution >= 4 is 27.3 Å². The molecule has 0 amide bonds. The molecule has 0 atom stereocenters. The molecule has 18 heavy (non-hydrogen) atoms. The first kappa shape index (κ1) is 12.1. The van der Waals surface area contributed by atoms with Gasteiger partial charge in [0, 0.05) is 40.3 Å². The van der Waals surface area contributed by atoms with Crippen molar-refractivity contribution < 1.29 is 0 Å². The molecule has 0 spiro atoms. The second-order valence-corrected chi connectivity index (χ2v) is 6.18. The maximum absolute atomic E-state index is 12.0. The van der Waals surface area contributed by atoms with Gasteiger partial charge in [0.1, 0.15) is 0 Å². The lowest BCUT2D eigenvalue weighted by Gasteiger charge is -2.16. The van der Waals surface area contributed by atoms with Crippen LogP contribution in [0.1, 0.15) is 16.1 Å². The Morgan fingerprint density at radius 1 is 1.50 bits per heavy atom. The molecule has 2 aromatic rings. The summed E-state index contributed by atoms with van der Waals surface area (Å²) >= 11 is 5.05. The molecule has 0 fully saturated rings. The average molecular weight is 326 g/mol. The fraction of sp³-hybridized carbons (Fsp3) is 0.333. The van der Waals surface area contributed by atoms with Gasteiger partial charge >= 0.3 is 0 Å². The van der Waals surface area contributed by atoms with Crippen molar-refractivity contribution in [2.45, 2.75) is 19.5 Å². The SMILES string of the molecule is O=c1cc2c(nn1Cc1cc(Br)cs1)CCNC2. The molecule has 6 heteroatoms. The Kier molecular flexibility index (Phi) is 3.32. The van der Waals surface area contributed by atoms with Crippen molar-refractivity contribution in [2.24, 2.45) is 0 Å². The summed E-state index contributed by atoms with van der Waals surface area (Å²) < 4.78 is 2.61. The van der Waals surface area contributed by atoms with E-state index in [0.29, 0.717) is 6.54 Å². The summed E-state index contributed by atoms with van der Waals surface area (Å²) in [6.45, 7) is 2.24. The smallest absolute Gasteiger partial charge is 0.267 e. The number of thiophene rings is 1. The van der Waals surface area contributed by atoms with Crippen LogP contribution in [0.25, 0.3) is 0 Å². The summed E-state index contributed by atoms with van der Waals surface area (Å²) in [5, 5.41) is 9.74. The van der Waals surface area contributed by atoms with Crippen LogP contribution in [0.2, 0.25) is 0 Å². The molecule has 0 aromatic carbocycles. The van der Waals surface area contributed by atoms with Gasteiger partial charge in [0.05, 0.1) is 12.2 Å². The van der Waals surface area contributed by atoms with E-state index in [4.69, 9.17) is 0 Å². The highest BCUT2D eigenvalue weighted by atomic mass is 79.9. The van der Waals surface area contributed by atoms with E-state index < -0.39 is 0 Å². The van der Waals surface area contributed by atoms with Crippen LogP contribution in [0, 0.1) is 0 Å². The zero-order valence-corrected chi connectivity index (χ0v) is 12.1. The predicted octanol–water partition coefficient (Wildman–Crippen LogP) is 1.76. The van der Waals surface area contributed by atoms with Crippen molar-refractivity contribution in [1.82, 2.24) is 15.1 Å². The van der Waals surface area contributed by atoms with Gasteiger partial charge in [0.25, 0.3) is 5.56 Å². The third kappa shape index (κ3) is 2.41. The second-order valence-electron chi connectivity index (χ2n) is 4.27. The zero-order chi connectivity index (χ0) is 12.5. The molecular weight excluding hydrogens is 314 g/mol. The molecule has 0 bridgehead atoms. The van der Waals surface area contributed by atoms with E-state index in [9.17, 15) is 4.79 Å². The number of nitrogens with one attached hydrogen (secondary N) is 1. The van der Waals surface area contributed by atoms with Gasteiger partial charge in [0.15, 0.2) is 0 Å². The number of hydrogen-bond acceptors (Lipinski definition) is 4. The van der Waals surface area contributed by atoms with Crippen molar-refractivity contribution in [3.05, 3.63) is 48.5 Å². The number of rotatable bonds is 2. The Labute approximate surface area is 117 Å². The Balaban J connectivity index is 1.94. The van der Waals surface area contributed by atoms with Gasteiger partial charge in [-0.2, -0.15) is 5.10 Å². The zero-order valence-electron chi connectivity index (χ0n) is 9.65. The van der Waals surface area contributed by atoms with Crippen molar-refractivity contribution in [2.75, 3.05) is 6.54 Å². The number of hydrogen-bond donors (Lipinski definition) is 1. The number of halogens is 1. The van der Waals surface area contributed by atoms with E-state index in [1.165, 1.54) is 0 Å². The van der Waals surface area contributed by atoms with Crippen molar-refractivity contribution in [1.29, 1.82) is 0 Å². The third-order valence-corrected chi connectivity index (χ3v) is 4.63. The fourth-order valence-electron chi connectivity index (χ4n) is 2.06. The third-order valence-electron chi connectivity index (χ3n) is 2.95. The molecule has 3 heterocycles. The van der Waals surface area contributed by atoms with E-state index in [0.717, 1.165) is 40.1 Å². The van der Waals surface area contributed by atoms with E-state index >= 15 is 0 Å². The summed E-state index contributed by atoms with van der Waals surface area (Å²) in [5.74, 6) is 0. The standard InChI is InChI=1S/C12H12BrN3OS/c13-9-4-10(18-7-9)6-16-12(17)3-8-5-14-2-1-11(8)15-16/h3-4,7,14H,1-2,5-6H2. The molecule has 1 aliphatic heterocycles. The molecule has 94 valence electrons. The number of nitrogens with zero attached hydrogens (tertiary/aromatic N) is 2. The molecule has 1 N–H and O–H groups in total. The molecular formula is C12H12BrN3OS. The first-order valence-corrected chi connectivity index (χ1v) is 7.43. The largest absolute Gasteiger partial charge is 0.312 e. The van der Waals surface area contributed by atoms with Gasteiger partial charge < -0.3 is 5.32 Å². The van der Waals surface area contributed by atoms with Crippen LogP contribution in [0.5, 0.6) is 0 Å². The molecule has 4 nitrogen and oxygen atoms in total. The van der Waals surface area contributed by atoms with Gasteiger partial charge in [-0.3, -0.25) is 4.79 Å². The van der Waals surface area contributed by atoms with Gasteiger partial charge in [-0.25, -0.2) is 4.68 Å². The minimum absolute atomic E-state index is 0.0260. The van der Waals surface area contributed by atoms with Crippen molar-refractivity contribution in [3.63, 3.8) is 0 Å². The van der Waals surface area contributed by atoms with E-state index in [-0.39, 0.29) is 5.56 Å². The van der Waals surface area contributed by atoms with Crippen LogP contribution in [-0.2, 0) is 19.5 Å². The number of fused-ring (bicyclic) bond motifs is 1. The lowest BCUT2D eigenvalue weighted by molar-refractivity contribution is 0.565. The molecule has 0 aliphatic carbocycles.